The van der Waals surface area contributed by atoms with Crippen LogP contribution in [-0.4, -0.2) is 82.6 Å². The minimum atomic E-state index is -4.99. The molecule has 5 aliphatic carbocycles. The summed E-state index contributed by atoms with van der Waals surface area (Å²) in [7, 11) is -4.99. The fraction of sp³-hybridized carbons (Fsp3) is 0.886. The van der Waals surface area contributed by atoms with Gasteiger partial charge in [0.05, 0.1) is 23.5 Å². The quantitative estimate of drug-likeness (QED) is 0.149. The normalized spacial score (nSPS) is 50.1. The van der Waals surface area contributed by atoms with E-state index in [-0.39, 0.29) is 35.7 Å². The summed E-state index contributed by atoms with van der Waals surface area (Å²) < 4.78 is 49.3. The van der Waals surface area contributed by atoms with Crippen LogP contribution in [0.5, 0.6) is 0 Å². The highest BCUT2D eigenvalue weighted by molar-refractivity contribution is 7.80. The van der Waals surface area contributed by atoms with Crippen molar-refractivity contribution >= 4 is 22.3 Å². The predicted molar refractivity (Wildman–Crippen MR) is 172 cm³/mol. The third kappa shape index (κ3) is 4.99. The van der Waals surface area contributed by atoms with E-state index >= 15 is 0 Å². The molecule has 5 N–H and O–H groups in total. The van der Waals surface area contributed by atoms with Gasteiger partial charge in [-0.15, -0.1) is 0 Å². The number of ether oxygens (including phenoxy) is 2. The smallest absolute Gasteiger partial charge is 0.397 e. The number of aliphatic hydroxyl groups is 2. The summed E-state index contributed by atoms with van der Waals surface area (Å²) in [6, 6.07) is 0. The number of fused-ring (bicyclic) bond motifs is 7. The van der Waals surface area contributed by atoms with Gasteiger partial charge < -0.3 is 29.9 Å². The minimum Gasteiger partial charge on any atom is -0.481 e. The Bertz CT molecular complexity index is 1460. The molecule has 6 aliphatic rings. The number of carbonyl (C=O) groups is 2. The third-order valence-corrected chi connectivity index (χ3v) is 15.6. The monoisotopic (exact) mass is 698 g/mol. The van der Waals surface area contributed by atoms with Crippen LogP contribution in [0.3, 0.4) is 0 Å². The average Bonchev–Trinajstić information content (AvgIpc) is 2.98. The molecule has 272 valence electrons. The van der Waals surface area contributed by atoms with Crippen molar-refractivity contribution in [1.82, 2.24) is 0 Å². The summed E-state index contributed by atoms with van der Waals surface area (Å²) in [6.07, 6.45) is 0.874. The van der Waals surface area contributed by atoms with Crippen LogP contribution in [0.2, 0.25) is 0 Å². The number of rotatable bonds is 6. The summed E-state index contributed by atoms with van der Waals surface area (Å²) in [5, 5.41) is 42.6. The van der Waals surface area contributed by atoms with E-state index < -0.39 is 74.7 Å². The van der Waals surface area contributed by atoms with Gasteiger partial charge in [0, 0.05) is 0 Å². The summed E-state index contributed by atoms with van der Waals surface area (Å²) >= 11 is 0. The van der Waals surface area contributed by atoms with Crippen molar-refractivity contribution in [3.8, 4) is 0 Å². The molecule has 0 amide bonds. The first-order chi connectivity index (χ1) is 22.2. The second kappa shape index (κ2) is 11.7. The van der Waals surface area contributed by atoms with Gasteiger partial charge in [-0.25, -0.2) is 4.18 Å². The number of hydrogen-bond donors (Lipinski definition) is 5. The molecule has 0 aromatic heterocycles. The molecule has 0 aromatic rings. The maximum absolute atomic E-state index is 13.8. The lowest BCUT2D eigenvalue weighted by Crippen LogP contribution is -2.68. The lowest BCUT2D eigenvalue weighted by Gasteiger charge is -2.70. The molecule has 1 heterocycles. The van der Waals surface area contributed by atoms with Crippen molar-refractivity contribution in [2.45, 2.75) is 130 Å². The highest BCUT2D eigenvalue weighted by Gasteiger charge is 2.73. The van der Waals surface area contributed by atoms with E-state index in [0.717, 1.165) is 18.4 Å². The zero-order chi connectivity index (χ0) is 35.4. The number of aliphatic carboxylic acids is 2. The van der Waals surface area contributed by atoms with Gasteiger partial charge in [-0.3, -0.25) is 14.1 Å². The van der Waals surface area contributed by atoms with Gasteiger partial charge in [-0.1, -0.05) is 53.2 Å². The van der Waals surface area contributed by atoms with Crippen LogP contribution in [0.15, 0.2) is 11.6 Å². The zero-order valence-corrected chi connectivity index (χ0v) is 29.7. The van der Waals surface area contributed by atoms with E-state index in [2.05, 4.69) is 47.6 Å². The van der Waals surface area contributed by atoms with Gasteiger partial charge in [0.15, 0.2) is 12.4 Å². The Morgan fingerprint density at radius 1 is 0.917 bits per heavy atom. The molecule has 14 atom stereocenters. The Kier molecular flexibility index (Phi) is 8.83. The standard InChI is InChI=1S/C35H54O12S/c1-18-9-14-34(29(38)39)15-16-35(30(40)41)20(25(34)19(18)2)7-8-23-32(5)12-11-24(31(3,4)22(32)10-13-33(23,35)6)46-28-27(47-48(42,43)44)26(37)21(36)17-45-28/h7,18-19,21-28,36-37H,8-17H2,1-6H3,(H,38,39)(H,40,41)(H,42,43,44)/t18-,19+,21-,22?,23-,24+,25+,26+,27-,28+,32+,33-,34+,35-/m1/s1. The van der Waals surface area contributed by atoms with Crippen LogP contribution < -0.4 is 0 Å². The zero-order valence-electron chi connectivity index (χ0n) is 28.9. The first kappa shape index (κ1) is 36.2. The molecule has 48 heavy (non-hydrogen) atoms. The number of carboxylic acids is 2. The van der Waals surface area contributed by atoms with Crippen LogP contribution in [0.4, 0.5) is 0 Å². The molecule has 0 bridgehead atoms. The SMILES string of the molecule is C[C@H]1[C@H](C)CC[C@]2(C(=O)O)CC[C@]3(C(=O)O)C(=CC[C@@H]4[C@@]5(C)CC[C@H](O[C@@H]6OC[C@@H](O)[C@H](O)[C@H]6OS(=O)(=O)O)C(C)(C)C5CC[C@]43C)[C@H]12. The fourth-order valence-corrected chi connectivity index (χ4v) is 13.0. The van der Waals surface area contributed by atoms with E-state index in [0.29, 0.717) is 50.9 Å². The van der Waals surface area contributed by atoms with Gasteiger partial charge in [0.1, 0.15) is 12.2 Å². The number of aliphatic hydroxyl groups excluding tert-OH is 2. The van der Waals surface area contributed by atoms with Crippen molar-refractivity contribution in [2.75, 3.05) is 6.61 Å². The molecule has 0 spiro atoms. The molecule has 1 saturated heterocycles. The number of carboxylic acid groups (broad SMARTS) is 2. The predicted octanol–water partition coefficient (Wildman–Crippen LogP) is 4.44. The van der Waals surface area contributed by atoms with Crippen molar-refractivity contribution in [1.29, 1.82) is 0 Å². The van der Waals surface area contributed by atoms with Crippen LogP contribution >= 0.6 is 0 Å². The molecule has 0 aromatic carbocycles. The molecule has 12 nitrogen and oxygen atoms in total. The van der Waals surface area contributed by atoms with Crippen molar-refractivity contribution in [3.05, 3.63) is 11.6 Å². The molecule has 6 rings (SSSR count). The highest BCUT2D eigenvalue weighted by Crippen LogP contribution is 2.76. The van der Waals surface area contributed by atoms with E-state index in [9.17, 15) is 43.0 Å². The van der Waals surface area contributed by atoms with Crippen LogP contribution in [-0.2, 0) is 33.6 Å². The van der Waals surface area contributed by atoms with Crippen molar-refractivity contribution in [3.63, 3.8) is 0 Å². The van der Waals surface area contributed by atoms with Crippen LogP contribution in [0.1, 0.15) is 99.3 Å². The molecule has 5 fully saturated rings. The molecule has 13 heteroatoms. The second-order valence-corrected chi connectivity index (χ2v) is 18.3. The second-order valence-electron chi connectivity index (χ2n) is 17.2. The van der Waals surface area contributed by atoms with Crippen LogP contribution in [0, 0.1) is 56.7 Å². The summed E-state index contributed by atoms with van der Waals surface area (Å²) in [5.74, 6) is -1.54. The Morgan fingerprint density at radius 2 is 1.60 bits per heavy atom. The third-order valence-electron chi connectivity index (χ3n) is 15.1. The molecular weight excluding hydrogens is 644 g/mol. The lowest BCUT2D eigenvalue weighted by molar-refractivity contribution is -0.303. The fourth-order valence-electron chi connectivity index (χ4n) is 12.5. The van der Waals surface area contributed by atoms with Gasteiger partial charge >= 0.3 is 22.3 Å². The molecule has 1 aliphatic heterocycles. The summed E-state index contributed by atoms with van der Waals surface area (Å²) in [4.78, 5) is 26.8. The maximum Gasteiger partial charge on any atom is 0.397 e. The summed E-state index contributed by atoms with van der Waals surface area (Å²) in [5.41, 5.74) is -2.66. The summed E-state index contributed by atoms with van der Waals surface area (Å²) in [6.45, 7) is 12.6. The van der Waals surface area contributed by atoms with E-state index in [1.54, 1.807) is 0 Å². The van der Waals surface area contributed by atoms with Gasteiger partial charge in [0.2, 0.25) is 0 Å². The Balaban J connectivity index is 1.34. The van der Waals surface area contributed by atoms with Gasteiger partial charge in [0.25, 0.3) is 0 Å². The maximum atomic E-state index is 13.8. The number of hydrogen-bond acceptors (Lipinski definition) is 9. The van der Waals surface area contributed by atoms with Gasteiger partial charge in [-0.2, -0.15) is 8.42 Å². The lowest BCUT2D eigenvalue weighted by atomic mass is 9.33. The minimum absolute atomic E-state index is 0.0102. The van der Waals surface area contributed by atoms with E-state index in [1.807, 2.05) is 0 Å². The first-order valence-corrected chi connectivity index (χ1v) is 19.0. The van der Waals surface area contributed by atoms with Crippen molar-refractivity contribution in [2.24, 2.45) is 56.7 Å². The van der Waals surface area contributed by atoms with Crippen LogP contribution in [0.25, 0.3) is 0 Å². The molecular formula is C35H54O12S. The Hall–Kier alpha value is -1.61. The Morgan fingerprint density at radius 3 is 2.23 bits per heavy atom. The van der Waals surface area contributed by atoms with E-state index in [1.165, 1.54) is 0 Å². The van der Waals surface area contributed by atoms with Crippen molar-refractivity contribution < 1.29 is 56.6 Å². The highest BCUT2D eigenvalue weighted by atomic mass is 32.3. The first-order valence-electron chi connectivity index (χ1n) is 17.6. The largest absolute Gasteiger partial charge is 0.481 e. The molecule has 1 unspecified atom stereocenters. The average molecular weight is 699 g/mol. The molecule has 4 saturated carbocycles. The van der Waals surface area contributed by atoms with E-state index in [4.69, 9.17) is 13.7 Å². The van der Waals surface area contributed by atoms with Gasteiger partial charge in [-0.05, 0) is 104 Å². The Labute approximate surface area is 283 Å². The number of allylic oxidation sites excluding steroid dienone is 1. The topological polar surface area (TPSA) is 197 Å². The molecule has 0 radical (unpaired) electrons.